The van der Waals surface area contributed by atoms with Crippen molar-refractivity contribution in [2.45, 2.75) is 0 Å². The Kier molecular flexibility index (Phi) is 4.63. The van der Waals surface area contributed by atoms with Gasteiger partial charge in [0.05, 0.1) is 26.4 Å². The first kappa shape index (κ1) is 17.5. The maximum atomic E-state index is 12.3. The number of carbonyl (C=O) groups is 3. The predicted octanol–water partition coefficient (Wildman–Crippen LogP) is 1.26. The van der Waals surface area contributed by atoms with E-state index in [1.165, 1.54) is 25.2 Å². The molecule has 26 heavy (non-hydrogen) atoms. The number of benzene rings is 1. The minimum Gasteiger partial charge on any atom is -0.477 e. The Morgan fingerprint density at radius 1 is 1.15 bits per heavy atom. The average Bonchev–Trinajstić information content (AvgIpc) is 3.09. The molecular formula is C17H16N2O7. The fourth-order valence-corrected chi connectivity index (χ4v) is 2.75. The van der Waals surface area contributed by atoms with Gasteiger partial charge in [-0.1, -0.05) is 0 Å². The number of nitrogens with one attached hydrogen (secondary N) is 1. The Balaban J connectivity index is 2.10. The third-order valence-corrected chi connectivity index (χ3v) is 3.98. The van der Waals surface area contributed by atoms with Crippen LogP contribution in [-0.4, -0.2) is 55.6 Å². The first-order chi connectivity index (χ1) is 12.5. The molecule has 0 spiro atoms. The molecule has 0 saturated heterocycles. The molecule has 0 unspecified atom stereocenters. The van der Waals surface area contributed by atoms with Gasteiger partial charge in [0.2, 0.25) is 0 Å². The second-order valence-electron chi connectivity index (χ2n) is 5.48. The van der Waals surface area contributed by atoms with Crippen LogP contribution in [0.15, 0.2) is 35.5 Å². The molecule has 9 nitrogen and oxygen atoms in total. The van der Waals surface area contributed by atoms with Crippen LogP contribution in [0.2, 0.25) is 0 Å². The van der Waals surface area contributed by atoms with E-state index < -0.39 is 17.9 Å². The molecule has 0 aliphatic carbocycles. The lowest BCUT2D eigenvalue weighted by Gasteiger charge is -2.31. The van der Waals surface area contributed by atoms with Crippen LogP contribution >= 0.6 is 0 Å². The summed E-state index contributed by atoms with van der Waals surface area (Å²) in [4.78, 5) is 39.6. The molecule has 0 saturated carbocycles. The zero-order valence-corrected chi connectivity index (χ0v) is 14.1. The second kappa shape index (κ2) is 6.89. The highest BCUT2D eigenvalue weighted by Gasteiger charge is 2.32. The monoisotopic (exact) mass is 360 g/mol. The number of anilines is 1. The Morgan fingerprint density at radius 2 is 1.88 bits per heavy atom. The smallest absolute Gasteiger partial charge is 0.355 e. The Labute approximate surface area is 147 Å². The first-order valence-electron chi connectivity index (χ1n) is 7.57. The summed E-state index contributed by atoms with van der Waals surface area (Å²) in [5.74, 6) is -2.47. The summed E-state index contributed by atoms with van der Waals surface area (Å²) >= 11 is 0. The van der Waals surface area contributed by atoms with Crippen molar-refractivity contribution in [3.8, 4) is 0 Å². The van der Waals surface area contributed by atoms with Crippen LogP contribution in [0.5, 0.6) is 0 Å². The van der Waals surface area contributed by atoms with E-state index in [-0.39, 0.29) is 30.3 Å². The quantitative estimate of drug-likeness (QED) is 0.783. The van der Waals surface area contributed by atoms with Crippen LogP contribution < -0.4 is 4.90 Å². The highest BCUT2D eigenvalue weighted by molar-refractivity contribution is 6.04. The molecule has 0 bridgehead atoms. The van der Waals surface area contributed by atoms with Gasteiger partial charge >= 0.3 is 17.9 Å². The van der Waals surface area contributed by atoms with Gasteiger partial charge in [-0.15, -0.1) is 0 Å². The number of ether oxygens (including phenoxy) is 3. The van der Waals surface area contributed by atoms with Crippen molar-refractivity contribution in [3.63, 3.8) is 0 Å². The summed E-state index contributed by atoms with van der Waals surface area (Å²) in [6.45, 7) is -0.0597. The van der Waals surface area contributed by atoms with Crippen molar-refractivity contribution in [1.29, 1.82) is 0 Å². The fraction of sp³-hybridized carbons (Fsp3) is 0.235. The lowest BCUT2D eigenvalue weighted by molar-refractivity contribution is -0.140. The molecule has 0 amide bonds. The summed E-state index contributed by atoms with van der Waals surface area (Å²) in [6.07, 6.45) is 0. The van der Waals surface area contributed by atoms with E-state index in [1.807, 2.05) is 0 Å². The normalized spacial score (nSPS) is 14.5. The number of fused-ring (bicyclic) bond motifs is 1. The van der Waals surface area contributed by atoms with Crippen molar-refractivity contribution in [1.82, 2.24) is 4.98 Å². The van der Waals surface area contributed by atoms with Gasteiger partial charge in [-0.2, -0.15) is 0 Å². The maximum Gasteiger partial charge on any atom is 0.355 e. The minimum absolute atomic E-state index is 0.0205. The third-order valence-electron chi connectivity index (χ3n) is 3.98. The van der Waals surface area contributed by atoms with E-state index in [1.54, 1.807) is 18.2 Å². The zero-order chi connectivity index (χ0) is 18.8. The number of rotatable bonds is 4. The highest BCUT2D eigenvalue weighted by atomic mass is 16.5. The SMILES string of the molecule is COC(=O)C1=C(C(=O)OC)N(c2ccc3[nH]c(C(=O)O)cc3c2)COC1. The van der Waals surface area contributed by atoms with Crippen LogP contribution in [0.3, 0.4) is 0 Å². The topological polar surface area (TPSA) is 118 Å². The number of carbonyl (C=O) groups excluding carboxylic acids is 2. The minimum atomic E-state index is -1.08. The molecule has 0 radical (unpaired) electrons. The molecule has 1 aromatic carbocycles. The van der Waals surface area contributed by atoms with Crippen LogP contribution in [0.4, 0.5) is 5.69 Å². The van der Waals surface area contributed by atoms with Crippen molar-refractivity contribution >= 4 is 34.5 Å². The van der Waals surface area contributed by atoms with E-state index in [0.29, 0.717) is 16.6 Å². The molecule has 2 aromatic rings. The number of aromatic amines is 1. The summed E-state index contributed by atoms with van der Waals surface area (Å²) in [5.41, 5.74) is 1.28. The molecule has 136 valence electrons. The molecule has 1 aliphatic rings. The number of methoxy groups -OCH3 is 2. The highest BCUT2D eigenvalue weighted by Crippen LogP contribution is 2.29. The number of carboxylic acid groups (broad SMARTS) is 1. The van der Waals surface area contributed by atoms with Gasteiger partial charge in [0.1, 0.15) is 18.1 Å². The van der Waals surface area contributed by atoms with Crippen molar-refractivity contribution < 1.29 is 33.7 Å². The number of H-pyrrole nitrogens is 1. The molecule has 0 atom stereocenters. The molecular weight excluding hydrogens is 344 g/mol. The van der Waals surface area contributed by atoms with Crippen LogP contribution in [-0.2, 0) is 23.8 Å². The predicted molar refractivity (Wildman–Crippen MR) is 89.6 cm³/mol. The Hall–Kier alpha value is -3.33. The Morgan fingerprint density at radius 3 is 2.54 bits per heavy atom. The average molecular weight is 360 g/mol. The zero-order valence-electron chi connectivity index (χ0n) is 14.1. The third kappa shape index (κ3) is 3.00. The largest absolute Gasteiger partial charge is 0.477 e. The number of esters is 2. The van der Waals surface area contributed by atoms with Gasteiger partial charge in [-0.25, -0.2) is 14.4 Å². The molecule has 1 aliphatic heterocycles. The van der Waals surface area contributed by atoms with Crippen molar-refractivity contribution in [3.05, 3.63) is 41.2 Å². The number of nitrogens with zero attached hydrogens (tertiary/aromatic N) is 1. The molecule has 2 N–H and O–H groups in total. The van der Waals surface area contributed by atoms with Gasteiger partial charge in [-0.3, -0.25) is 0 Å². The molecule has 2 heterocycles. The molecule has 3 rings (SSSR count). The van der Waals surface area contributed by atoms with E-state index in [4.69, 9.17) is 19.3 Å². The standard InChI is InChI=1S/C17H16N2O7/c1-24-16(22)11-7-26-8-19(14(11)17(23)25-2)10-3-4-12-9(5-10)6-13(18-12)15(20)21/h3-6,18H,7-8H2,1-2H3,(H,20,21). The van der Waals surface area contributed by atoms with Crippen molar-refractivity contribution in [2.24, 2.45) is 0 Å². The number of aromatic carboxylic acids is 1. The van der Waals surface area contributed by atoms with E-state index in [0.717, 1.165) is 0 Å². The van der Waals surface area contributed by atoms with E-state index in [9.17, 15) is 14.4 Å². The summed E-state index contributed by atoms with van der Waals surface area (Å²) < 4.78 is 14.9. The van der Waals surface area contributed by atoms with Crippen LogP contribution in [0.1, 0.15) is 10.5 Å². The van der Waals surface area contributed by atoms with Gasteiger partial charge in [-0.05, 0) is 24.3 Å². The lowest BCUT2D eigenvalue weighted by Crippen LogP contribution is -2.38. The summed E-state index contributed by atoms with van der Waals surface area (Å²) in [7, 11) is 2.43. The van der Waals surface area contributed by atoms with E-state index in [2.05, 4.69) is 4.98 Å². The first-order valence-corrected chi connectivity index (χ1v) is 7.57. The van der Waals surface area contributed by atoms with Crippen molar-refractivity contribution in [2.75, 3.05) is 32.5 Å². The Bertz CT molecular complexity index is 928. The van der Waals surface area contributed by atoms with Crippen LogP contribution in [0.25, 0.3) is 10.9 Å². The van der Waals surface area contributed by atoms with E-state index >= 15 is 0 Å². The van der Waals surface area contributed by atoms with Gasteiger partial charge in [0.15, 0.2) is 0 Å². The van der Waals surface area contributed by atoms with Crippen LogP contribution in [0, 0.1) is 0 Å². The maximum absolute atomic E-state index is 12.3. The summed E-state index contributed by atoms with van der Waals surface area (Å²) in [5, 5.41) is 9.73. The van der Waals surface area contributed by atoms with Gasteiger partial charge in [0, 0.05) is 16.6 Å². The number of hydrogen-bond acceptors (Lipinski definition) is 7. The second-order valence-corrected chi connectivity index (χ2v) is 5.48. The lowest BCUT2D eigenvalue weighted by atomic mass is 10.1. The molecule has 9 heteroatoms. The number of hydrogen-bond donors (Lipinski definition) is 2. The van der Waals surface area contributed by atoms with Gasteiger partial charge in [0.25, 0.3) is 0 Å². The number of carboxylic acids is 1. The van der Waals surface area contributed by atoms with Gasteiger partial charge < -0.3 is 29.2 Å². The summed E-state index contributed by atoms with van der Waals surface area (Å²) in [6, 6.07) is 6.52. The number of aromatic nitrogens is 1. The molecule has 1 aromatic heterocycles. The fourth-order valence-electron chi connectivity index (χ4n) is 2.75. The molecule has 0 fully saturated rings.